The molecule has 4 heterocycles. The highest BCUT2D eigenvalue weighted by Gasteiger charge is 2.28. The molecule has 0 aliphatic carbocycles. The van der Waals surface area contributed by atoms with Crippen molar-refractivity contribution >= 4 is 22.8 Å². The van der Waals surface area contributed by atoms with Crippen molar-refractivity contribution in [2.24, 2.45) is 0 Å². The number of carbonyl (C=O) groups excluding carboxylic acids is 1. The van der Waals surface area contributed by atoms with Gasteiger partial charge in [0.2, 0.25) is 0 Å². The Bertz CT molecular complexity index is 1230. The lowest BCUT2D eigenvalue weighted by Gasteiger charge is -2.19. The minimum atomic E-state index is -0.600. The third-order valence-electron chi connectivity index (χ3n) is 4.95. The third kappa shape index (κ3) is 2.31. The van der Waals surface area contributed by atoms with Gasteiger partial charge in [-0.25, -0.2) is 9.78 Å². The van der Waals surface area contributed by atoms with Gasteiger partial charge in [-0.1, -0.05) is 6.07 Å². The zero-order valence-corrected chi connectivity index (χ0v) is 14.8. The molecule has 0 amide bonds. The first kappa shape index (κ1) is 16.2. The fourth-order valence-corrected chi connectivity index (χ4v) is 3.65. The fourth-order valence-electron chi connectivity index (χ4n) is 3.65. The molecule has 0 radical (unpaired) electrons. The van der Waals surface area contributed by atoms with Crippen molar-refractivity contribution in [3.8, 4) is 16.9 Å². The van der Waals surface area contributed by atoms with Crippen LogP contribution in [-0.4, -0.2) is 38.4 Å². The molecule has 5 rings (SSSR count). The van der Waals surface area contributed by atoms with E-state index >= 15 is 0 Å². The SMILES string of the molecule is COC(=O)c1cc(C2Nc3ncccc3-c3cnnc4[nH]cc2c34)ccc1O. The minimum Gasteiger partial charge on any atom is -0.507 e. The highest BCUT2D eigenvalue weighted by atomic mass is 16.5. The summed E-state index contributed by atoms with van der Waals surface area (Å²) in [6.45, 7) is 0. The molecule has 1 aliphatic rings. The molecule has 8 nitrogen and oxygen atoms in total. The van der Waals surface area contributed by atoms with Crippen LogP contribution in [0.5, 0.6) is 5.75 Å². The first-order chi connectivity index (χ1) is 13.7. The second kappa shape index (κ2) is 6.05. The number of rotatable bonds is 2. The number of methoxy groups -OCH3 is 1. The van der Waals surface area contributed by atoms with Crippen molar-refractivity contribution in [2.45, 2.75) is 6.04 Å². The lowest BCUT2D eigenvalue weighted by Crippen LogP contribution is -2.13. The molecule has 0 spiro atoms. The Morgan fingerprint density at radius 1 is 1.25 bits per heavy atom. The van der Waals surface area contributed by atoms with Gasteiger partial charge in [0.1, 0.15) is 17.1 Å². The van der Waals surface area contributed by atoms with E-state index in [2.05, 4.69) is 25.5 Å². The van der Waals surface area contributed by atoms with E-state index in [4.69, 9.17) is 4.74 Å². The number of hydrogen-bond acceptors (Lipinski definition) is 7. The molecule has 0 saturated heterocycles. The number of benzene rings is 1. The number of phenolic OH excluding ortho intramolecular Hbond substituents is 1. The van der Waals surface area contributed by atoms with Crippen LogP contribution < -0.4 is 5.32 Å². The van der Waals surface area contributed by atoms with E-state index in [1.54, 1.807) is 24.5 Å². The monoisotopic (exact) mass is 373 g/mol. The smallest absolute Gasteiger partial charge is 0.341 e. The number of hydrogen-bond donors (Lipinski definition) is 3. The maximum atomic E-state index is 12.0. The molecule has 0 saturated carbocycles. The van der Waals surface area contributed by atoms with E-state index < -0.39 is 5.97 Å². The Morgan fingerprint density at radius 2 is 2.14 bits per heavy atom. The molecular weight excluding hydrogens is 358 g/mol. The van der Waals surface area contributed by atoms with Gasteiger partial charge in [0.15, 0.2) is 5.65 Å². The summed E-state index contributed by atoms with van der Waals surface area (Å²) in [6.07, 6.45) is 5.31. The molecular formula is C20H15N5O3. The molecule has 0 bridgehead atoms. The second-order valence-corrected chi connectivity index (χ2v) is 6.47. The number of aromatic nitrogens is 4. The highest BCUT2D eigenvalue weighted by Crippen LogP contribution is 2.42. The number of pyridine rings is 1. The largest absolute Gasteiger partial charge is 0.507 e. The first-order valence-corrected chi connectivity index (χ1v) is 8.63. The summed E-state index contributed by atoms with van der Waals surface area (Å²) >= 11 is 0. The summed E-state index contributed by atoms with van der Waals surface area (Å²) in [5.74, 6) is -0.0316. The van der Waals surface area contributed by atoms with Crippen LogP contribution >= 0.6 is 0 Å². The maximum absolute atomic E-state index is 12.0. The van der Waals surface area contributed by atoms with Gasteiger partial charge < -0.3 is 20.1 Å². The third-order valence-corrected chi connectivity index (χ3v) is 4.95. The highest BCUT2D eigenvalue weighted by molar-refractivity contribution is 6.00. The van der Waals surface area contributed by atoms with E-state index in [1.807, 2.05) is 18.3 Å². The predicted octanol–water partition coefficient (Wildman–Crippen LogP) is 3.03. The number of esters is 1. The number of anilines is 1. The average molecular weight is 373 g/mol. The average Bonchev–Trinajstić information content (AvgIpc) is 3.10. The van der Waals surface area contributed by atoms with Gasteiger partial charge in [-0.05, 0) is 29.8 Å². The van der Waals surface area contributed by atoms with Crippen molar-refractivity contribution in [3.63, 3.8) is 0 Å². The second-order valence-electron chi connectivity index (χ2n) is 6.47. The number of fused-ring (bicyclic) bond motifs is 2. The number of aromatic amines is 1. The standard InChI is InChI=1S/C20H15N5O3/c1-28-20(27)12-7-10(4-5-15(12)26)17-14-8-22-19-16(14)13(9-23-25-19)11-3-2-6-21-18(11)24-17/h2-9,17,26H,1H3,(H,21,24)(H,22,25). The molecule has 3 aromatic heterocycles. The molecule has 4 aromatic rings. The van der Waals surface area contributed by atoms with Crippen molar-refractivity contribution in [1.82, 2.24) is 20.2 Å². The van der Waals surface area contributed by atoms with Crippen molar-refractivity contribution in [3.05, 3.63) is 65.6 Å². The first-order valence-electron chi connectivity index (χ1n) is 8.63. The number of H-pyrrole nitrogens is 1. The Hall–Kier alpha value is -3.94. The number of carbonyl (C=O) groups is 1. The van der Waals surface area contributed by atoms with Crippen LogP contribution in [-0.2, 0) is 4.74 Å². The Labute approximate surface area is 159 Å². The lowest BCUT2D eigenvalue weighted by molar-refractivity contribution is 0.0597. The molecule has 1 unspecified atom stereocenters. The maximum Gasteiger partial charge on any atom is 0.341 e. The fraction of sp³-hybridized carbons (Fsp3) is 0.100. The summed E-state index contributed by atoms with van der Waals surface area (Å²) in [7, 11) is 1.28. The van der Waals surface area contributed by atoms with Crippen LogP contribution in [0.2, 0.25) is 0 Å². The van der Waals surface area contributed by atoms with E-state index in [0.717, 1.165) is 27.6 Å². The van der Waals surface area contributed by atoms with Crippen LogP contribution in [0, 0.1) is 0 Å². The minimum absolute atomic E-state index is 0.104. The zero-order valence-electron chi connectivity index (χ0n) is 14.8. The van der Waals surface area contributed by atoms with E-state index in [0.29, 0.717) is 11.5 Å². The number of nitrogens with zero attached hydrogens (tertiary/aromatic N) is 3. The summed E-state index contributed by atoms with van der Waals surface area (Å²) in [5.41, 5.74) is 4.33. The van der Waals surface area contributed by atoms with Gasteiger partial charge in [-0.15, -0.1) is 5.10 Å². The Kier molecular flexibility index (Phi) is 3.51. The molecule has 8 heteroatoms. The Balaban J connectivity index is 1.77. The zero-order chi connectivity index (χ0) is 19.3. The number of phenols is 1. The molecule has 1 aromatic carbocycles. The summed E-state index contributed by atoms with van der Waals surface area (Å²) in [5, 5.41) is 22.7. The van der Waals surface area contributed by atoms with Crippen LogP contribution in [0.4, 0.5) is 5.82 Å². The van der Waals surface area contributed by atoms with Gasteiger partial charge in [0, 0.05) is 34.5 Å². The molecule has 1 atom stereocenters. The molecule has 3 N–H and O–H groups in total. The normalized spacial score (nSPS) is 14.8. The number of aromatic hydroxyl groups is 1. The van der Waals surface area contributed by atoms with Crippen LogP contribution in [0.3, 0.4) is 0 Å². The van der Waals surface area contributed by atoms with Crippen molar-refractivity contribution < 1.29 is 14.6 Å². The summed E-state index contributed by atoms with van der Waals surface area (Å²) < 4.78 is 4.78. The van der Waals surface area contributed by atoms with E-state index in [1.165, 1.54) is 13.2 Å². The van der Waals surface area contributed by atoms with Gasteiger partial charge >= 0.3 is 5.97 Å². The van der Waals surface area contributed by atoms with Gasteiger partial charge in [-0.3, -0.25) is 0 Å². The van der Waals surface area contributed by atoms with Crippen LogP contribution in [0.15, 0.2) is 48.9 Å². The topological polar surface area (TPSA) is 113 Å². The van der Waals surface area contributed by atoms with E-state index in [9.17, 15) is 9.90 Å². The van der Waals surface area contributed by atoms with Gasteiger partial charge in [0.25, 0.3) is 0 Å². The quantitative estimate of drug-likeness (QED) is 0.463. The molecule has 0 fully saturated rings. The molecule has 138 valence electrons. The summed E-state index contributed by atoms with van der Waals surface area (Å²) in [4.78, 5) is 19.7. The van der Waals surface area contributed by atoms with E-state index in [-0.39, 0.29) is 17.4 Å². The van der Waals surface area contributed by atoms with Crippen molar-refractivity contribution in [2.75, 3.05) is 12.4 Å². The molecule has 1 aliphatic heterocycles. The number of ether oxygens (including phenoxy) is 1. The van der Waals surface area contributed by atoms with Crippen LogP contribution in [0.25, 0.3) is 22.2 Å². The van der Waals surface area contributed by atoms with Gasteiger partial charge in [-0.2, -0.15) is 5.10 Å². The van der Waals surface area contributed by atoms with Crippen LogP contribution in [0.1, 0.15) is 27.5 Å². The van der Waals surface area contributed by atoms with Crippen molar-refractivity contribution in [1.29, 1.82) is 0 Å². The Morgan fingerprint density at radius 3 is 3.00 bits per heavy atom. The predicted molar refractivity (Wildman–Crippen MR) is 102 cm³/mol. The number of nitrogens with one attached hydrogen (secondary N) is 2. The van der Waals surface area contributed by atoms with Gasteiger partial charge in [0.05, 0.1) is 19.3 Å². The lowest BCUT2D eigenvalue weighted by atomic mass is 9.96. The summed E-state index contributed by atoms with van der Waals surface area (Å²) in [6, 6.07) is 8.40. The molecule has 28 heavy (non-hydrogen) atoms.